The van der Waals surface area contributed by atoms with Crippen molar-refractivity contribution in [3.05, 3.63) is 34.3 Å². The summed E-state index contributed by atoms with van der Waals surface area (Å²) in [7, 11) is 3.37. The molecule has 0 saturated heterocycles. The molecule has 1 aliphatic heterocycles. The molecule has 3 aliphatic rings. The van der Waals surface area contributed by atoms with Crippen LogP contribution < -0.4 is 5.73 Å². The molecule has 1 atom stereocenters. The van der Waals surface area contributed by atoms with Crippen LogP contribution in [0.25, 0.3) is 0 Å². The van der Waals surface area contributed by atoms with Gasteiger partial charge in [-0.3, -0.25) is 9.69 Å². The number of halogens is 1. The van der Waals surface area contributed by atoms with Crippen molar-refractivity contribution in [1.82, 2.24) is 4.90 Å². The Balaban J connectivity index is 1.82. The number of methoxy groups -OCH3 is 2. The largest absolute Gasteiger partial charge is 0.383 e. The number of hydrogen-bond acceptors (Lipinski definition) is 5. The van der Waals surface area contributed by atoms with E-state index in [1.54, 1.807) is 19.1 Å². The van der Waals surface area contributed by atoms with Gasteiger partial charge < -0.3 is 15.2 Å². The van der Waals surface area contributed by atoms with Crippen molar-refractivity contribution in [2.45, 2.75) is 43.7 Å². The number of amides is 1. The molecule has 4 rings (SSSR count). The minimum atomic E-state index is -0.982. The number of guanidine groups is 1. The molecule has 1 saturated carbocycles. The fourth-order valence-electron chi connectivity index (χ4n) is 5.23. The third kappa shape index (κ3) is 2.61. The van der Waals surface area contributed by atoms with Gasteiger partial charge in [0.05, 0.1) is 19.3 Å². The average Bonchev–Trinajstić information content (AvgIpc) is 3.07. The van der Waals surface area contributed by atoms with Crippen molar-refractivity contribution in [1.29, 1.82) is 0 Å². The predicted octanol–water partition coefficient (Wildman–Crippen LogP) is 2.47. The van der Waals surface area contributed by atoms with Gasteiger partial charge in [0.25, 0.3) is 5.91 Å². The third-order valence-corrected chi connectivity index (χ3v) is 6.85. The summed E-state index contributed by atoms with van der Waals surface area (Å²) in [5.74, 6) is 0.229. The lowest BCUT2D eigenvalue weighted by Gasteiger charge is -2.45. The number of ether oxygens (including phenoxy) is 2. The van der Waals surface area contributed by atoms with Crippen LogP contribution in [0, 0.1) is 5.41 Å². The molecule has 27 heavy (non-hydrogen) atoms. The first-order valence-corrected chi connectivity index (χ1v) is 9.83. The van der Waals surface area contributed by atoms with Crippen molar-refractivity contribution in [3.8, 4) is 0 Å². The van der Waals surface area contributed by atoms with Crippen LogP contribution in [0.5, 0.6) is 0 Å². The zero-order valence-electron chi connectivity index (χ0n) is 15.8. The van der Waals surface area contributed by atoms with E-state index in [0.29, 0.717) is 18.2 Å². The Morgan fingerprint density at radius 3 is 2.74 bits per heavy atom. The Kier molecular flexibility index (Phi) is 4.69. The molecule has 1 heterocycles. The Hall–Kier alpha value is -1.63. The molecule has 2 N–H and O–H groups in total. The maximum Gasteiger partial charge on any atom is 0.262 e. The van der Waals surface area contributed by atoms with Gasteiger partial charge in [-0.1, -0.05) is 17.7 Å². The van der Waals surface area contributed by atoms with E-state index in [2.05, 4.69) is 0 Å². The van der Waals surface area contributed by atoms with Crippen LogP contribution in [0.1, 0.15) is 36.8 Å². The highest BCUT2D eigenvalue weighted by Crippen LogP contribution is 2.62. The van der Waals surface area contributed by atoms with Crippen molar-refractivity contribution >= 4 is 23.5 Å². The van der Waals surface area contributed by atoms with Gasteiger partial charge >= 0.3 is 0 Å². The second-order valence-corrected chi connectivity index (χ2v) is 8.26. The van der Waals surface area contributed by atoms with Gasteiger partial charge in [-0.15, -0.1) is 0 Å². The summed E-state index contributed by atoms with van der Waals surface area (Å²) in [6.45, 7) is 0.818. The summed E-state index contributed by atoms with van der Waals surface area (Å²) in [5, 5.41) is 0.618. The highest BCUT2D eigenvalue weighted by atomic mass is 35.5. The molecule has 1 amide bonds. The predicted molar refractivity (Wildman–Crippen MR) is 104 cm³/mol. The van der Waals surface area contributed by atoms with E-state index in [9.17, 15) is 4.79 Å². The summed E-state index contributed by atoms with van der Waals surface area (Å²) in [5.41, 5.74) is 7.05. The summed E-state index contributed by atoms with van der Waals surface area (Å²) in [6, 6.07) is 5.83. The molecular formula is C20H26ClN3O3. The number of nitrogens with zero attached hydrogens (tertiary/aromatic N) is 2. The van der Waals surface area contributed by atoms with Crippen LogP contribution in [0.2, 0.25) is 5.02 Å². The molecule has 0 aromatic heterocycles. The highest BCUT2D eigenvalue weighted by Gasteiger charge is 2.66. The van der Waals surface area contributed by atoms with Gasteiger partial charge in [0.1, 0.15) is 0 Å². The smallest absolute Gasteiger partial charge is 0.262 e. The van der Waals surface area contributed by atoms with Crippen LogP contribution in [-0.4, -0.2) is 50.2 Å². The maximum absolute atomic E-state index is 13.7. The standard InChI is InChI=1S/C20H26ClN3O3/c1-26-10-9-24-17(25)20(23-18(24)22)16-11-14(21)4-3-13(16)12-19(20)7-5-15(27-2)6-8-19/h3-4,11,15H,5-10,12H2,1-2H3,(H2,22,23)/t15-,19-,20?. The topological polar surface area (TPSA) is 77.2 Å². The number of nitrogens with two attached hydrogens (primary N) is 1. The third-order valence-electron chi connectivity index (χ3n) is 6.61. The van der Waals surface area contributed by atoms with Gasteiger partial charge in [0, 0.05) is 24.7 Å². The first-order valence-electron chi connectivity index (χ1n) is 9.45. The molecule has 1 aromatic rings. The van der Waals surface area contributed by atoms with Crippen LogP contribution in [-0.2, 0) is 26.2 Å². The van der Waals surface area contributed by atoms with E-state index in [1.165, 1.54) is 0 Å². The number of fused-ring (bicyclic) bond motifs is 3. The molecule has 0 bridgehead atoms. The summed E-state index contributed by atoms with van der Waals surface area (Å²) < 4.78 is 10.7. The Labute approximate surface area is 164 Å². The number of carbonyl (C=O) groups is 1. The van der Waals surface area contributed by atoms with Crippen molar-refractivity contribution in [2.24, 2.45) is 16.1 Å². The van der Waals surface area contributed by atoms with E-state index < -0.39 is 5.54 Å². The van der Waals surface area contributed by atoms with Crippen LogP contribution in [0.3, 0.4) is 0 Å². The number of aliphatic imine (C=N–C) groups is 1. The molecule has 0 radical (unpaired) electrons. The fraction of sp³-hybridized carbons (Fsp3) is 0.600. The number of rotatable bonds is 4. The lowest BCUT2D eigenvalue weighted by atomic mass is 9.61. The van der Waals surface area contributed by atoms with Crippen LogP contribution in [0.4, 0.5) is 0 Å². The minimum absolute atomic E-state index is 0.0473. The maximum atomic E-state index is 13.7. The van der Waals surface area contributed by atoms with Crippen molar-refractivity contribution < 1.29 is 14.3 Å². The van der Waals surface area contributed by atoms with Crippen LogP contribution in [0.15, 0.2) is 23.2 Å². The van der Waals surface area contributed by atoms with Gasteiger partial charge in [-0.2, -0.15) is 0 Å². The fourth-order valence-corrected chi connectivity index (χ4v) is 5.41. The molecule has 1 aromatic carbocycles. The lowest BCUT2D eigenvalue weighted by Crippen LogP contribution is -2.52. The van der Waals surface area contributed by atoms with E-state index >= 15 is 0 Å². The Morgan fingerprint density at radius 1 is 1.33 bits per heavy atom. The summed E-state index contributed by atoms with van der Waals surface area (Å²) in [4.78, 5) is 20.2. The molecule has 6 nitrogen and oxygen atoms in total. The average molecular weight is 392 g/mol. The van der Waals surface area contributed by atoms with Crippen LogP contribution >= 0.6 is 11.6 Å². The minimum Gasteiger partial charge on any atom is -0.383 e. The molecule has 1 fully saturated rings. The Morgan fingerprint density at radius 2 is 2.07 bits per heavy atom. The van der Waals surface area contributed by atoms with E-state index in [-0.39, 0.29) is 23.4 Å². The quantitative estimate of drug-likeness (QED) is 0.855. The van der Waals surface area contributed by atoms with Gasteiger partial charge in [-0.25, -0.2) is 4.99 Å². The highest BCUT2D eigenvalue weighted by molar-refractivity contribution is 6.30. The first-order chi connectivity index (χ1) is 13.0. The normalized spacial score (nSPS) is 32.4. The van der Waals surface area contributed by atoms with Crippen molar-refractivity contribution in [2.75, 3.05) is 27.4 Å². The van der Waals surface area contributed by atoms with E-state index in [0.717, 1.165) is 43.2 Å². The molecule has 146 valence electrons. The van der Waals surface area contributed by atoms with Crippen molar-refractivity contribution in [3.63, 3.8) is 0 Å². The second-order valence-electron chi connectivity index (χ2n) is 7.82. The number of carbonyl (C=O) groups excluding carboxylic acids is 1. The molecule has 7 heteroatoms. The molecule has 2 spiro atoms. The van der Waals surface area contributed by atoms with Gasteiger partial charge in [0.15, 0.2) is 11.5 Å². The van der Waals surface area contributed by atoms with E-state index in [4.69, 9.17) is 31.8 Å². The zero-order chi connectivity index (χ0) is 19.2. The SMILES string of the molecule is COCCN1C(=O)C2(N=C1N)c1cc(Cl)ccc1C[C@]21CC[C@@H](OC)CC1. The van der Waals surface area contributed by atoms with E-state index in [1.807, 2.05) is 18.2 Å². The first kappa shape index (κ1) is 18.7. The molecule has 1 unspecified atom stereocenters. The number of hydrogen-bond donors (Lipinski definition) is 1. The molecule has 2 aliphatic carbocycles. The molecular weight excluding hydrogens is 366 g/mol. The summed E-state index contributed by atoms with van der Waals surface area (Å²) >= 11 is 6.32. The monoisotopic (exact) mass is 391 g/mol. The lowest BCUT2D eigenvalue weighted by molar-refractivity contribution is -0.138. The number of benzene rings is 1. The van der Waals surface area contributed by atoms with Gasteiger partial charge in [-0.05, 0) is 55.4 Å². The second kappa shape index (κ2) is 6.76. The summed E-state index contributed by atoms with van der Waals surface area (Å²) in [6.07, 6.45) is 4.64. The van der Waals surface area contributed by atoms with Gasteiger partial charge in [0.2, 0.25) is 0 Å². The zero-order valence-corrected chi connectivity index (χ0v) is 16.6. The Bertz CT molecular complexity index is 789.